The number of ether oxygens (including phenoxy) is 1. The minimum atomic E-state index is 0.0504. The van der Waals surface area contributed by atoms with Crippen molar-refractivity contribution in [1.29, 1.82) is 10.5 Å². The van der Waals surface area contributed by atoms with Gasteiger partial charge in [-0.05, 0) is 30.2 Å². The molecule has 2 N–H and O–H groups in total. The Hall–Kier alpha value is -3.65. The first-order chi connectivity index (χ1) is 12.5. The van der Waals surface area contributed by atoms with Gasteiger partial charge in [0.25, 0.3) is 0 Å². The topological polar surface area (TPSA) is 125 Å². The fourth-order valence-electron chi connectivity index (χ4n) is 2.05. The molecule has 26 heavy (non-hydrogen) atoms. The minimum absolute atomic E-state index is 0.0504. The Morgan fingerprint density at radius 2 is 2.08 bits per heavy atom. The summed E-state index contributed by atoms with van der Waals surface area (Å²) in [7, 11) is 3.56. The van der Waals surface area contributed by atoms with Crippen LogP contribution in [0.3, 0.4) is 0 Å². The van der Waals surface area contributed by atoms with Crippen LogP contribution in [0.25, 0.3) is 11.6 Å². The molecule has 1 aromatic heterocycles. The Balaban J connectivity index is 2.27. The summed E-state index contributed by atoms with van der Waals surface area (Å²) in [5.41, 5.74) is 6.75. The smallest absolute Gasteiger partial charge is 0.230 e. The Bertz CT molecular complexity index is 878. The Morgan fingerprint density at radius 1 is 1.27 bits per heavy atom. The van der Waals surface area contributed by atoms with Crippen molar-refractivity contribution in [2.45, 2.75) is 12.8 Å². The number of nitrogen functional groups attached to an aromatic ring is 1. The molecule has 0 spiro atoms. The molecule has 0 saturated heterocycles. The number of hydrogen-bond acceptors (Lipinski definition) is 8. The molecule has 1 aromatic carbocycles. The van der Waals surface area contributed by atoms with Crippen LogP contribution in [-0.2, 0) is 0 Å². The van der Waals surface area contributed by atoms with Crippen LogP contribution in [0.15, 0.2) is 24.3 Å². The monoisotopic (exact) mass is 349 g/mol. The van der Waals surface area contributed by atoms with Gasteiger partial charge in [0.1, 0.15) is 11.8 Å². The third kappa shape index (κ3) is 5.18. The van der Waals surface area contributed by atoms with Gasteiger partial charge in [0, 0.05) is 20.5 Å². The van der Waals surface area contributed by atoms with Crippen LogP contribution >= 0.6 is 0 Å². The molecular weight excluding hydrogens is 330 g/mol. The maximum atomic E-state index is 9.50. The molecule has 0 bridgehead atoms. The van der Waals surface area contributed by atoms with Crippen molar-refractivity contribution in [3.05, 3.63) is 35.7 Å². The first-order valence-electron chi connectivity index (χ1n) is 7.94. The van der Waals surface area contributed by atoms with Crippen molar-refractivity contribution >= 4 is 23.5 Å². The van der Waals surface area contributed by atoms with Crippen molar-refractivity contribution in [2.24, 2.45) is 0 Å². The fraction of sp³-hybridized carbons (Fsp3) is 0.278. The lowest BCUT2D eigenvalue weighted by Crippen LogP contribution is -2.15. The first kappa shape index (κ1) is 18.7. The number of nitriles is 2. The zero-order valence-electron chi connectivity index (χ0n) is 14.7. The number of allylic oxidation sites excluding steroid dienone is 1. The molecule has 0 aliphatic carbocycles. The van der Waals surface area contributed by atoms with Crippen LogP contribution in [-0.4, -0.2) is 35.7 Å². The van der Waals surface area contributed by atoms with E-state index in [2.05, 4.69) is 27.1 Å². The van der Waals surface area contributed by atoms with E-state index in [1.54, 1.807) is 31.1 Å². The normalized spacial score (nSPS) is 10.7. The molecule has 0 aliphatic heterocycles. The predicted octanol–water partition coefficient (Wildman–Crippen LogP) is 2.27. The van der Waals surface area contributed by atoms with Gasteiger partial charge in [-0.1, -0.05) is 12.1 Å². The van der Waals surface area contributed by atoms with E-state index >= 15 is 0 Å². The summed E-state index contributed by atoms with van der Waals surface area (Å²) in [6.45, 7) is 0.460. The van der Waals surface area contributed by atoms with E-state index in [4.69, 9.17) is 15.7 Å². The standard InChI is InChI=1S/C18H19N7O/c1-25(2)18-23-16(22-17(21)24-18)14(12-20)10-13-6-5-7-15(11-13)26-9-4-3-8-19/h5-7,10-11H,3-4,9H2,1-2H3,(H2,21,22,23,24)/b14-10-. The lowest BCUT2D eigenvalue weighted by molar-refractivity contribution is 0.312. The van der Waals surface area contributed by atoms with Gasteiger partial charge in [0.05, 0.1) is 18.2 Å². The molecule has 0 aliphatic rings. The number of aromatic nitrogens is 3. The van der Waals surface area contributed by atoms with Crippen molar-refractivity contribution in [3.8, 4) is 17.9 Å². The van der Waals surface area contributed by atoms with E-state index < -0.39 is 0 Å². The summed E-state index contributed by atoms with van der Waals surface area (Å²) in [5.74, 6) is 1.31. The molecule has 132 valence electrons. The van der Waals surface area contributed by atoms with Gasteiger partial charge < -0.3 is 15.4 Å². The van der Waals surface area contributed by atoms with Crippen LogP contribution in [0.1, 0.15) is 24.2 Å². The molecule has 0 unspecified atom stereocenters. The third-order valence-corrected chi connectivity index (χ3v) is 3.27. The van der Waals surface area contributed by atoms with E-state index in [1.165, 1.54) is 0 Å². The lowest BCUT2D eigenvalue weighted by atomic mass is 10.1. The molecule has 8 nitrogen and oxygen atoms in total. The summed E-state index contributed by atoms with van der Waals surface area (Å²) in [5, 5.41) is 18.0. The summed E-state index contributed by atoms with van der Waals surface area (Å²) < 4.78 is 5.61. The number of nitrogens with two attached hydrogens (primary N) is 1. The van der Waals surface area contributed by atoms with Gasteiger partial charge in [-0.2, -0.15) is 25.5 Å². The zero-order valence-corrected chi connectivity index (χ0v) is 14.7. The quantitative estimate of drug-likeness (QED) is 0.596. The van der Waals surface area contributed by atoms with Crippen molar-refractivity contribution in [3.63, 3.8) is 0 Å². The highest BCUT2D eigenvalue weighted by molar-refractivity contribution is 5.87. The highest BCUT2D eigenvalue weighted by atomic mass is 16.5. The fourth-order valence-corrected chi connectivity index (χ4v) is 2.05. The molecule has 0 amide bonds. The largest absolute Gasteiger partial charge is 0.494 e. The number of benzene rings is 1. The maximum absolute atomic E-state index is 9.50. The average molecular weight is 349 g/mol. The van der Waals surface area contributed by atoms with Crippen molar-refractivity contribution in [1.82, 2.24) is 15.0 Å². The first-order valence-corrected chi connectivity index (χ1v) is 7.94. The van der Waals surface area contributed by atoms with E-state index in [-0.39, 0.29) is 17.3 Å². The molecule has 0 atom stereocenters. The Labute approximate surface area is 152 Å². The van der Waals surface area contributed by atoms with Crippen LogP contribution in [0, 0.1) is 22.7 Å². The van der Waals surface area contributed by atoms with Gasteiger partial charge in [0.2, 0.25) is 11.9 Å². The Kier molecular flexibility index (Phi) is 6.47. The van der Waals surface area contributed by atoms with E-state index in [0.717, 1.165) is 5.56 Å². The van der Waals surface area contributed by atoms with E-state index in [9.17, 15) is 5.26 Å². The maximum Gasteiger partial charge on any atom is 0.230 e. The third-order valence-electron chi connectivity index (χ3n) is 3.27. The molecule has 2 rings (SSSR count). The van der Waals surface area contributed by atoms with Crippen LogP contribution in [0.4, 0.5) is 11.9 Å². The predicted molar refractivity (Wildman–Crippen MR) is 98.8 cm³/mol. The molecular formula is C18H19N7O. The number of anilines is 2. The number of rotatable bonds is 7. The van der Waals surface area contributed by atoms with E-state index in [0.29, 0.717) is 31.1 Å². The highest BCUT2D eigenvalue weighted by Crippen LogP contribution is 2.20. The molecule has 0 radical (unpaired) electrons. The summed E-state index contributed by atoms with van der Waals surface area (Å²) in [6, 6.07) is 11.5. The van der Waals surface area contributed by atoms with Gasteiger partial charge in [-0.15, -0.1) is 0 Å². The Morgan fingerprint density at radius 3 is 2.77 bits per heavy atom. The van der Waals surface area contributed by atoms with Crippen molar-refractivity contribution < 1.29 is 4.74 Å². The molecule has 1 heterocycles. The number of unbranched alkanes of at least 4 members (excludes halogenated alkanes) is 1. The molecule has 0 fully saturated rings. The van der Waals surface area contributed by atoms with Crippen molar-refractivity contribution in [2.75, 3.05) is 31.3 Å². The van der Waals surface area contributed by atoms with Gasteiger partial charge in [-0.25, -0.2) is 0 Å². The highest BCUT2D eigenvalue weighted by Gasteiger charge is 2.11. The second-order valence-electron chi connectivity index (χ2n) is 5.56. The molecule has 0 saturated carbocycles. The minimum Gasteiger partial charge on any atom is -0.494 e. The van der Waals surface area contributed by atoms with Crippen LogP contribution in [0.2, 0.25) is 0 Å². The van der Waals surface area contributed by atoms with Crippen LogP contribution < -0.4 is 15.4 Å². The van der Waals surface area contributed by atoms with Gasteiger partial charge in [0.15, 0.2) is 5.82 Å². The number of hydrogen-bond donors (Lipinski definition) is 1. The second-order valence-corrected chi connectivity index (χ2v) is 5.56. The molecule has 2 aromatic rings. The van der Waals surface area contributed by atoms with Gasteiger partial charge >= 0.3 is 0 Å². The van der Waals surface area contributed by atoms with E-state index in [1.807, 2.05) is 18.2 Å². The van der Waals surface area contributed by atoms with Crippen LogP contribution in [0.5, 0.6) is 5.75 Å². The second kappa shape index (κ2) is 9.00. The molecule has 8 heteroatoms. The lowest BCUT2D eigenvalue weighted by Gasteiger charge is -2.11. The average Bonchev–Trinajstić information content (AvgIpc) is 2.63. The summed E-state index contributed by atoms with van der Waals surface area (Å²) in [4.78, 5) is 14.0. The SMILES string of the molecule is CN(C)c1nc(N)nc(/C(C#N)=C\c2cccc(OCCCC#N)c2)n1. The zero-order chi connectivity index (χ0) is 18.9. The summed E-state index contributed by atoms with van der Waals surface area (Å²) >= 11 is 0. The van der Waals surface area contributed by atoms with Gasteiger partial charge in [-0.3, -0.25) is 0 Å². The number of nitrogens with zero attached hydrogens (tertiary/aromatic N) is 6. The summed E-state index contributed by atoms with van der Waals surface area (Å²) in [6.07, 6.45) is 2.78.